The molecule has 1 fully saturated rings. The lowest BCUT2D eigenvalue weighted by atomic mass is 9.87. The van der Waals surface area contributed by atoms with Crippen LogP contribution in [0.4, 0.5) is 4.79 Å². The third-order valence-electron chi connectivity index (χ3n) is 3.68. The van der Waals surface area contributed by atoms with Gasteiger partial charge >= 0.3 is 6.09 Å². The molecule has 5 heteroatoms. The van der Waals surface area contributed by atoms with Crippen LogP contribution in [-0.4, -0.2) is 46.6 Å². The van der Waals surface area contributed by atoms with E-state index in [9.17, 15) is 9.90 Å². The summed E-state index contributed by atoms with van der Waals surface area (Å²) in [6.45, 7) is 3.35. The number of cyclic esters (lactones) is 1. The van der Waals surface area contributed by atoms with Gasteiger partial charge < -0.3 is 9.84 Å². The number of amides is 1. The molecule has 1 N–H and O–H groups in total. The van der Waals surface area contributed by atoms with Crippen LogP contribution in [0.5, 0.6) is 0 Å². The molecular weight excluding hydrogens is 244 g/mol. The maximum absolute atomic E-state index is 11.9. The van der Waals surface area contributed by atoms with Crippen molar-refractivity contribution in [2.75, 3.05) is 14.1 Å². The highest BCUT2D eigenvalue weighted by molar-refractivity contribution is 5.71. The van der Waals surface area contributed by atoms with Crippen LogP contribution in [0.3, 0.4) is 0 Å². The molecule has 0 spiro atoms. The van der Waals surface area contributed by atoms with Gasteiger partial charge in [-0.1, -0.05) is 30.3 Å². The topological polar surface area (TPSA) is 53.0 Å². The Morgan fingerprint density at radius 1 is 1.26 bits per heavy atom. The summed E-state index contributed by atoms with van der Waals surface area (Å²) in [5.74, 6) is 0. The van der Waals surface area contributed by atoms with Crippen LogP contribution in [0.1, 0.15) is 19.4 Å². The average Bonchev–Trinajstić information content (AvgIpc) is 2.45. The average molecular weight is 264 g/mol. The van der Waals surface area contributed by atoms with Crippen LogP contribution >= 0.6 is 0 Å². The van der Waals surface area contributed by atoms with Gasteiger partial charge in [0.05, 0.1) is 0 Å². The minimum Gasteiger partial charge on any atom is -0.437 e. The number of nitrogens with zero attached hydrogens (tertiary/aromatic N) is 2. The van der Waals surface area contributed by atoms with Crippen molar-refractivity contribution >= 4 is 6.09 Å². The van der Waals surface area contributed by atoms with E-state index in [4.69, 9.17) is 4.74 Å². The number of carbonyl (C=O) groups excluding carboxylic acids is 1. The van der Waals surface area contributed by atoms with Crippen molar-refractivity contribution in [2.45, 2.75) is 31.6 Å². The van der Waals surface area contributed by atoms with Gasteiger partial charge in [-0.3, -0.25) is 0 Å². The lowest BCUT2D eigenvalue weighted by molar-refractivity contribution is -0.182. The molecule has 1 aromatic rings. The van der Waals surface area contributed by atoms with E-state index in [0.29, 0.717) is 6.42 Å². The number of hydrogen-bond donors (Lipinski definition) is 1. The van der Waals surface area contributed by atoms with Gasteiger partial charge in [-0.2, -0.15) is 0 Å². The molecule has 2 rings (SSSR count). The van der Waals surface area contributed by atoms with E-state index in [1.54, 1.807) is 33.0 Å². The number of aliphatic hydroxyl groups is 1. The zero-order chi connectivity index (χ0) is 14.3. The van der Waals surface area contributed by atoms with E-state index in [2.05, 4.69) is 0 Å². The predicted octanol–water partition coefficient (Wildman–Crippen LogP) is 1.63. The SMILES string of the molecule is CN(C)N1C(=O)O[C@@](C)(Cc2ccccc2)[C@@]1(C)O. The van der Waals surface area contributed by atoms with Gasteiger partial charge in [0, 0.05) is 20.5 Å². The fourth-order valence-corrected chi connectivity index (χ4v) is 2.48. The maximum atomic E-state index is 11.9. The lowest BCUT2D eigenvalue weighted by Gasteiger charge is -2.39. The van der Waals surface area contributed by atoms with Crippen LogP contribution in [0.2, 0.25) is 0 Å². The lowest BCUT2D eigenvalue weighted by Crippen LogP contribution is -2.59. The Labute approximate surface area is 113 Å². The number of ether oxygens (including phenoxy) is 1. The van der Waals surface area contributed by atoms with Gasteiger partial charge in [-0.25, -0.2) is 14.8 Å². The molecule has 1 aromatic carbocycles. The van der Waals surface area contributed by atoms with E-state index >= 15 is 0 Å². The van der Waals surface area contributed by atoms with E-state index < -0.39 is 17.4 Å². The Morgan fingerprint density at radius 2 is 1.84 bits per heavy atom. The fraction of sp³-hybridized carbons (Fsp3) is 0.500. The maximum Gasteiger partial charge on any atom is 0.427 e. The summed E-state index contributed by atoms with van der Waals surface area (Å²) in [6.07, 6.45) is -0.0786. The minimum absolute atomic E-state index is 0.455. The van der Waals surface area contributed by atoms with Gasteiger partial charge in [-0.15, -0.1) is 0 Å². The number of hydrogen-bond acceptors (Lipinski definition) is 4. The highest BCUT2D eigenvalue weighted by Crippen LogP contribution is 2.40. The van der Waals surface area contributed by atoms with E-state index in [-0.39, 0.29) is 0 Å². The third kappa shape index (κ3) is 2.19. The van der Waals surface area contributed by atoms with Crippen molar-refractivity contribution in [3.05, 3.63) is 35.9 Å². The first kappa shape index (κ1) is 13.8. The van der Waals surface area contributed by atoms with E-state index in [1.165, 1.54) is 5.01 Å². The first-order valence-electron chi connectivity index (χ1n) is 6.25. The van der Waals surface area contributed by atoms with Gasteiger partial charge in [0.25, 0.3) is 0 Å². The van der Waals surface area contributed by atoms with Crippen molar-refractivity contribution in [1.29, 1.82) is 0 Å². The molecule has 0 bridgehead atoms. The Hall–Kier alpha value is -1.59. The highest BCUT2D eigenvalue weighted by Gasteiger charge is 2.60. The van der Waals surface area contributed by atoms with Crippen molar-refractivity contribution < 1.29 is 14.6 Å². The third-order valence-corrected chi connectivity index (χ3v) is 3.68. The van der Waals surface area contributed by atoms with Crippen molar-refractivity contribution in [1.82, 2.24) is 10.0 Å². The first-order chi connectivity index (χ1) is 8.78. The molecule has 1 aliphatic heterocycles. The molecular formula is C14H20N2O3. The number of benzene rings is 1. The number of rotatable bonds is 3. The fourth-order valence-electron chi connectivity index (χ4n) is 2.48. The molecule has 1 saturated heterocycles. The smallest absolute Gasteiger partial charge is 0.427 e. The summed E-state index contributed by atoms with van der Waals surface area (Å²) in [7, 11) is 3.40. The second kappa shape index (κ2) is 4.51. The monoisotopic (exact) mass is 264 g/mol. The molecule has 5 nitrogen and oxygen atoms in total. The highest BCUT2D eigenvalue weighted by atomic mass is 16.6. The molecule has 1 aliphatic rings. The van der Waals surface area contributed by atoms with Crippen LogP contribution < -0.4 is 0 Å². The number of hydrazine groups is 1. The summed E-state index contributed by atoms with van der Waals surface area (Å²) in [6, 6.07) is 9.68. The van der Waals surface area contributed by atoms with Gasteiger partial charge in [0.15, 0.2) is 11.3 Å². The van der Waals surface area contributed by atoms with Crippen LogP contribution in [0, 0.1) is 0 Å². The van der Waals surface area contributed by atoms with Gasteiger partial charge in [-0.05, 0) is 19.4 Å². The van der Waals surface area contributed by atoms with Crippen molar-refractivity contribution in [2.24, 2.45) is 0 Å². The molecule has 0 radical (unpaired) electrons. The van der Waals surface area contributed by atoms with Crippen LogP contribution in [0.25, 0.3) is 0 Å². The van der Waals surface area contributed by atoms with Crippen molar-refractivity contribution in [3.63, 3.8) is 0 Å². The Morgan fingerprint density at radius 3 is 2.32 bits per heavy atom. The summed E-state index contributed by atoms with van der Waals surface area (Å²) >= 11 is 0. The molecule has 2 atom stereocenters. The summed E-state index contributed by atoms with van der Waals surface area (Å²) < 4.78 is 5.44. The molecule has 0 saturated carbocycles. The largest absolute Gasteiger partial charge is 0.437 e. The van der Waals surface area contributed by atoms with Gasteiger partial charge in [0.1, 0.15) is 0 Å². The Bertz CT molecular complexity index is 473. The molecule has 0 aromatic heterocycles. The quantitative estimate of drug-likeness (QED) is 0.901. The second-order valence-electron chi connectivity index (χ2n) is 5.44. The van der Waals surface area contributed by atoms with Crippen LogP contribution in [-0.2, 0) is 11.2 Å². The standard InChI is InChI=1S/C14H20N2O3/c1-13(10-11-8-6-5-7-9-11)14(2,18)16(15(3)4)12(17)19-13/h5-9,18H,10H2,1-4H3/t13-,14+/m0/s1. The Balaban J connectivity index is 2.31. The molecule has 1 heterocycles. The molecule has 19 heavy (non-hydrogen) atoms. The zero-order valence-corrected chi connectivity index (χ0v) is 11.8. The van der Waals surface area contributed by atoms with Crippen molar-refractivity contribution in [3.8, 4) is 0 Å². The summed E-state index contributed by atoms with van der Waals surface area (Å²) in [5, 5.41) is 13.5. The first-order valence-corrected chi connectivity index (χ1v) is 6.25. The second-order valence-corrected chi connectivity index (χ2v) is 5.44. The Kier molecular flexibility index (Phi) is 3.28. The van der Waals surface area contributed by atoms with E-state index in [1.807, 2.05) is 30.3 Å². The van der Waals surface area contributed by atoms with Gasteiger partial charge in [0.2, 0.25) is 0 Å². The minimum atomic E-state index is -1.40. The van der Waals surface area contributed by atoms with E-state index in [0.717, 1.165) is 5.56 Å². The number of carbonyl (C=O) groups is 1. The summed E-state index contributed by atoms with van der Waals surface area (Å²) in [4.78, 5) is 11.9. The predicted molar refractivity (Wildman–Crippen MR) is 71.2 cm³/mol. The molecule has 0 unspecified atom stereocenters. The van der Waals surface area contributed by atoms with Crippen LogP contribution in [0.15, 0.2) is 30.3 Å². The molecule has 0 aliphatic carbocycles. The summed E-state index contributed by atoms with van der Waals surface area (Å²) in [5.41, 5.74) is -1.38. The molecule has 1 amide bonds. The normalized spacial score (nSPS) is 30.8. The molecule has 104 valence electrons. The zero-order valence-electron chi connectivity index (χ0n) is 11.8.